The Balaban J connectivity index is 1.42. The Morgan fingerprint density at radius 2 is 1.85 bits per heavy atom. The summed E-state index contributed by atoms with van der Waals surface area (Å²) in [7, 11) is 0. The number of aryl methyl sites for hydroxylation is 2. The third kappa shape index (κ3) is 2.46. The van der Waals surface area contributed by atoms with E-state index < -0.39 is 0 Å². The summed E-state index contributed by atoms with van der Waals surface area (Å²) in [6, 6.07) is 2.00. The number of amides is 1. The maximum Gasteiger partial charge on any atom is 0.283 e. The fourth-order valence-electron chi connectivity index (χ4n) is 5.65. The Hall–Kier alpha value is -1.95. The molecule has 0 unspecified atom stereocenters. The van der Waals surface area contributed by atoms with Crippen LogP contribution in [0.25, 0.3) is 10.2 Å². The number of hydrogen-bond acceptors (Lipinski definition) is 5. The maximum atomic E-state index is 12.8. The van der Waals surface area contributed by atoms with Crippen molar-refractivity contribution in [1.29, 1.82) is 0 Å². The van der Waals surface area contributed by atoms with Gasteiger partial charge in [-0.15, -0.1) is 11.3 Å². The van der Waals surface area contributed by atoms with Crippen LogP contribution < -0.4 is 11.2 Å². The molecule has 3 N–H and O–H groups in total. The minimum atomic E-state index is -0.205. The highest BCUT2D eigenvalue weighted by Crippen LogP contribution is 2.52. The van der Waals surface area contributed by atoms with E-state index in [4.69, 9.17) is 5.73 Å². The fraction of sp³-hybridized carbons (Fsp3) is 0.550. The lowest BCUT2D eigenvalue weighted by Gasteiger charge is -2.50. The van der Waals surface area contributed by atoms with Gasteiger partial charge in [0.2, 0.25) is 0 Å². The average Bonchev–Trinajstić information content (AvgIpc) is 2.90. The van der Waals surface area contributed by atoms with Crippen molar-refractivity contribution in [2.45, 2.75) is 46.0 Å². The van der Waals surface area contributed by atoms with Crippen LogP contribution in [0.5, 0.6) is 0 Å². The van der Waals surface area contributed by atoms with Crippen LogP contribution in [0.3, 0.4) is 0 Å². The smallest absolute Gasteiger partial charge is 0.283 e. The van der Waals surface area contributed by atoms with Gasteiger partial charge >= 0.3 is 0 Å². The van der Waals surface area contributed by atoms with E-state index >= 15 is 0 Å². The second-order valence-electron chi connectivity index (χ2n) is 8.39. The first kappa shape index (κ1) is 16.2. The van der Waals surface area contributed by atoms with Crippen LogP contribution in [0, 0.1) is 37.5 Å². The first-order chi connectivity index (χ1) is 12.5. The van der Waals surface area contributed by atoms with Gasteiger partial charge in [-0.1, -0.05) is 0 Å². The normalized spacial score (nSPS) is 29.4. The third-order valence-corrected chi connectivity index (χ3v) is 7.59. The summed E-state index contributed by atoms with van der Waals surface area (Å²) >= 11 is 1.36. The van der Waals surface area contributed by atoms with Gasteiger partial charge in [0.25, 0.3) is 5.91 Å². The Morgan fingerprint density at radius 3 is 2.50 bits per heavy atom. The third-order valence-electron chi connectivity index (χ3n) is 6.49. The maximum absolute atomic E-state index is 12.8. The Labute approximate surface area is 157 Å². The zero-order valence-corrected chi connectivity index (χ0v) is 16.0. The summed E-state index contributed by atoms with van der Waals surface area (Å²) in [4.78, 5) is 18.6. The van der Waals surface area contributed by atoms with Gasteiger partial charge in [0.1, 0.15) is 9.71 Å². The molecule has 0 radical (unpaired) electrons. The number of nitrogens with one attached hydrogen (secondary N) is 1. The summed E-state index contributed by atoms with van der Waals surface area (Å²) in [6.07, 6.45) is 6.45. The van der Waals surface area contributed by atoms with E-state index in [1.54, 1.807) is 0 Å². The van der Waals surface area contributed by atoms with Crippen LogP contribution in [0.2, 0.25) is 0 Å². The van der Waals surface area contributed by atoms with Crippen LogP contribution in [0.4, 0.5) is 5.69 Å². The van der Waals surface area contributed by atoms with Crippen molar-refractivity contribution in [2.75, 3.05) is 5.73 Å². The van der Waals surface area contributed by atoms with Crippen molar-refractivity contribution in [3.8, 4) is 0 Å². The average molecular weight is 369 g/mol. The second kappa shape index (κ2) is 5.78. The largest absolute Gasteiger partial charge is 0.397 e. The molecule has 1 amide bonds. The number of nitrogens with two attached hydrogens (primary N) is 1. The van der Waals surface area contributed by atoms with Crippen molar-refractivity contribution in [1.82, 2.24) is 10.4 Å². The molecule has 0 saturated heterocycles. The molecule has 0 spiro atoms. The Bertz CT molecular complexity index is 915. The molecule has 2 aromatic rings. The molecule has 0 aliphatic heterocycles. The number of thiophene rings is 1. The molecule has 136 valence electrons. The summed E-state index contributed by atoms with van der Waals surface area (Å²) in [5.74, 6) is 2.74. The van der Waals surface area contributed by atoms with Crippen LogP contribution >= 0.6 is 11.3 Å². The number of hydrogen-bond donors (Lipinski definition) is 2. The fourth-order valence-corrected chi connectivity index (χ4v) is 6.76. The number of rotatable bonds is 2. The zero-order chi connectivity index (χ0) is 18.0. The molecule has 4 aliphatic carbocycles. The van der Waals surface area contributed by atoms with E-state index in [9.17, 15) is 4.79 Å². The number of anilines is 1. The molecule has 26 heavy (non-hydrogen) atoms. The molecule has 2 aromatic heterocycles. The van der Waals surface area contributed by atoms with E-state index in [2.05, 4.69) is 15.5 Å². The molecule has 0 atom stereocenters. The van der Waals surface area contributed by atoms with Gasteiger partial charge < -0.3 is 5.73 Å². The number of pyridine rings is 1. The van der Waals surface area contributed by atoms with E-state index in [0.29, 0.717) is 22.4 Å². The molecule has 4 bridgehead atoms. The zero-order valence-electron chi connectivity index (χ0n) is 15.2. The highest BCUT2D eigenvalue weighted by molar-refractivity contribution is 7.21. The number of aromatic nitrogens is 1. The first-order valence-electron chi connectivity index (χ1n) is 9.53. The van der Waals surface area contributed by atoms with Gasteiger partial charge in [0.05, 0.1) is 5.69 Å². The summed E-state index contributed by atoms with van der Waals surface area (Å²) < 4.78 is 0. The van der Waals surface area contributed by atoms with Crippen molar-refractivity contribution >= 4 is 38.9 Å². The molecule has 4 fully saturated rings. The second-order valence-corrected chi connectivity index (χ2v) is 9.39. The Morgan fingerprint density at radius 1 is 1.19 bits per heavy atom. The lowest BCUT2D eigenvalue weighted by atomic mass is 9.55. The summed E-state index contributed by atoms with van der Waals surface area (Å²) in [5.41, 5.74) is 12.9. The van der Waals surface area contributed by atoms with Crippen LogP contribution in [-0.2, 0) is 0 Å². The molecule has 2 heterocycles. The van der Waals surface area contributed by atoms with Gasteiger partial charge in [-0.2, -0.15) is 5.10 Å². The molecule has 6 heteroatoms. The van der Waals surface area contributed by atoms with Crippen LogP contribution in [0.15, 0.2) is 11.2 Å². The molecular weight excluding hydrogens is 344 g/mol. The molecule has 0 aromatic carbocycles. The lowest BCUT2D eigenvalue weighted by molar-refractivity contribution is 0.0947. The van der Waals surface area contributed by atoms with E-state index in [1.165, 1.54) is 49.2 Å². The van der Waals surface area contributed by atoms with Gasteiger partial charge in [0.15, 0.2) is 0 Å². The predicted molar refractivity (Wildman–Crippen MR) is 105 cm³/mol. The first-order valence-corrected chi connectivity index (χ1v) is 10.3. The predicted octanol–water partition coefficient (Wildman–Crippen LogP) is 4.04. The van der Waals surface area contributed by atoms with E-state index in [1.807, 2.05) is 19.9 Å². The molecular formula is C20H24N4OS. The number of carbonyl (C=O) groups excluding carboxylic acids is 1. The van der Waals surface area contributed by atoms with Crippen LogP contribution in [-0.4, -0.2) is 16.6 Å². The lowest BCUT2D eigenvalue weighted by Crippen LogP contribution is -2.46. The standard InChI is InChI=1S/C20H24N4OS/c1-9-3-10(2)22-20-15(9)16(21)18(26-20)19(25)24-23-17-13-5-11-4-12(7-13)8-14(17)6-11/h3,11-14H,4-8,21H2,1-2H3,(H,24,25). The molecule has 4 saturated carbocycles. The summed E-state index contributed by atoms with van der Waals surface area (Å²) in [6.45, 7) is 3.97. The van der Waals surface area contributed by atoms with Crippen molar-refractivity contribution in [3.63, 3.8) is 0 Å². The number of fused-ring (bicyclic) bond motifs is 1. The minimum absolute atomic E-state index is 0.205. The SMILES string of the molecule is Cc1cc(C)c2c(N)c(C(=O)NN=C3C4CC5CC(C4)CC3C5)sc2n1. The minimum Gasteiger partial charge on any atom is -0.397 e. The van der Waals surface area contributed by atoms with Crippen molar-refractivity contribution in [3.05, 3.63) is 22.2 Å². The van der Waals surface area contributed by atoms with Gasteiger partial charge in [-0.05, 0) is 81.3 Å². The number of nitrogen functional groups attached to an aromatic ring is 1. The van der Waals surface area contributed by atoms with Crippen molar-refractivity contribution in [2.24, 2.45) is 28.8 Å². The van der Waals surface area contributed by atoms with E-state index in [0.717, 1.165) is 33.3 Å². The number of nitrogens with zero attached hydrogens (tertiary/aromatic N) is 2. The quantitative estimate of drug-likeness (QED) is 0.785. The number of hydrazone groups is 1. The summed E-state index contributed by atoms with van der Waals surface area (Å²) in [5, 5.41) is 5.49. The Kier molecular flexibility index (Phi) is 3.61. The monoisotopic (exact) mass is 368 g/mol. The highest BCUT2D eigenvalue weighted by atomic mass is 32.1. The molecule has 6 rings (SSSR count). The van der Waals surface area contributed by atoms with E-state index in [-0.39, 0.29) is 5.91 Å². The molecule has 5 nitrogen and oxygen atoms in total. The van der Waals surface area contributed by atoms with Gasteiger partial charge in [-0.3, -0.25) is 4.79 Å². The molecule has 4 aliphatic rings. The van der Waals surface area contributed by atoms with Crippen molar-refractivity contribution < 1.29 is 4.79 Å². The van der Waals surface area contributed by atoms with Gasteiger partial charge in [0, 0.05) is 16.8 Å². The van der Waals surface area contributed by atoms with Gasteiger partial charge in [-0.25, -0.2) is 10.4 Å². The number of carbonyl (C=O) groups is 1. The highest BCUT2D eigenvalue weighted by Gasteiger charge is 2.46. The topological polar surface area (TPSA) is 80.4 Å². The van der Waals surface area contributed by atoms with Crippen LogP contribution in [0.1, 0.15) is 53.0 Å².